The van der Waals surface area contributed by atoms with Gasteiger partial charge in [0.15, 0.2) is 0 Å². The minimum absolute atomic E-state index is 0.189. The quantitative estimate of drug-likeness (QED) is 0.359. The summed E-state index contributed by atoms with van der Waals surface area (Å²) in [4.78, 5) is 49.5. The van der Waals surface area contributed by atoms with Gasteiger partial charge in [0.2, 0.25) is 5.91 Å². The highest BCUT2D eigenvalue weighted by molar-refractivity contribution is 5.99. The van der Waals surface area contributed by atoms with E-state index in [1.54, 1.807) is 30.5 Å². The Morgan fingerprint density at radius 2 is 2.00 bits per heavy atom. The molecule has 3 atom stereocenters. The zero-order valence-corrected chi connectivity index (χ0v) is 25.0. The van der Waals surface area contributed by atoms with Crippen LogP contribution in [0, 0.1) is 5.82 Å². The summed E-state index contributed by atoms with van der Waals surface area (Å²) in [6.07, 6.45) is 2.00. The molecule has 236 valence electrons. The number of carbonyl (C=O) groups is 3. The molecular weight excluding hydrogens is 573 g/mol. The van der Waals surface area contributed by atoms with Crippen molar-refractivity contribution in [3.8, 4) is 11.1 Å². The largest absolute Gasteiger partial charge is 0.461 e. The third-order valence-electron chi connectivity index (χ3n) is 7.66. The van der Waals surface area contributed by atoms with Gasteiger partial charge in [-0.15, -0.1) is 0 Å². The van der Waals surface area contributed by atoms with Crippen molar-refractivity contribution in [2.24, 2.45) is 5.16 Å². The average Bonchev–Trinajstić information content (AvgIpc) is 3.63. The first kappa shape index (κ1) is 31.3. The molecule has 1 N–H and O–H groups in total. The first-order chi connectivity index (χ1) is 21.3. The van der Waals surface area contributed by atoms with Crippen molar-refractivity contribution in [2.45, 2.75) is 57.8 Å². The second-order valence-corrected chi connectivity index (χ2v) is 11.1. The lowest BCUT2D eigenvalue weighted by molar-refractivity contribution is -0.152. The van der Waals surface area contributed by atoms with Gasteiger partial charge < -0.3 is 24.4 Å². The Kier molecular flexibility index (Phi) is 10.4. The minimum atomic E-state index is -0.595. The van der Waals surface area contributed by atoms with Gasteiger partial charge in [-0.3, -0.25) is 24.4 Å². The molecule has 0 saturated carbocycles. The van der Waals surface area contributed by atoms with Crippen molar-refractivity contribution in [1.82, 2.24) is 15.2 Å². The van der Waals surface area contributed by atoms with Gasteiger partial charge in [-0.1, -0.05) is 18.1 Å². The van der Waals surface area contributed by atoms with Gasteiger partial charge in [0.05, 0.1) is 37.7 Å². The van der Waals surface area contributed by atoms with E-state index in [1.165, 1.54) is 17.9 Å². The summed E-state index contributed by atoms with van der Waals surface area (Å²) in [5.74, 6) is -0.949. The van der Waals surface area contributed by atoms with E-state index < -0.39 is 18.0 Å². The van der Waals surface area contributed by atoms with Crippen LogP contribution in [0.5, 0.6) is 0 Å². The number of amides is 2. The van der Waals surface area contributed by atoms with E-state index in [4.69, 9.17) is 19.0 Å². The van der Waals surface area contributed by atoms with E-state index >= 15 is 4.39 Å². The summed E-state index contributed by atoms with van der Waals surface area (Å²) in [7, 11) is 0. The summed E-state index contributed by atoms with van der Waals surface area (Å²) >= 11 is 0. The molecule has 0 bridgehead atoms. The van der Waals surface area contributed by atoms with E-state index in [0.29, 0.717) is 67.2 Å². The Morgan fingerprint density at radius 1 is 1.18 bits per heavy atom. The standard InChI is InChI=1S/C31H38FN5O7/c1-3-4-30(39)42-24(18-36-9-11-41-12-10-36)14-23-15-29(35-44-23)28-8-5-21(16-34-28)26-7-6-22(13-27(26)32)37-19-25(43-31(37)40)17-33-20(2)38/h5-8,13,16,23-25H,3-4,9-12,14-15,17-19H2,1-2H3,(H,33,38). The van der Waals surface area contributed by atoms with Crippen molar-refractivity contribution in [1.29, 1.82) is 0 Å². The van der Waals surface area contributed by atoms with Crippen LogP contribution in [0.2, 0.25) is 0 Å². The highest BCUT2D eigenvalue weighted by Crippen LogP contribution is 2.29. The first-order valence-electron chi connectivity index (χ1n) is 15.0. The predicted octanol–water partition coefficient (Wildman–Crippen LogP) is 3.28. The SMILES string of the molecule is CCCC(=O)OC(CC1CC(c2ccc(-c3ccc(N4CC(CNC(C)=O)OC4=O)cc3F)cn2)=NO1)CN1CCOCC1. The van der Waals surface area contributed by atoms with Crippen LogP contribution in [0.3, 0.4) is 0 Å². The molecule has 2 aromatic rings. The number of cyclic esters (lactones) is 1. The molecule has 12 nitrogen and oxygen atoms in total. The number of ether oxygens (including phenoxy) is 3. The van der Waals surface area contributed by atoms with Gasteiger partial charge in [-0.25, -0.2) is 9.18 Å². The fourth-order valence-corrected chi connectivity index (χ4v) is 5.41. The van der Waals surface area contributed by atoms with Crippen LogP contribution < -0.4 is 10.2 Å². The lowest BCUT2D eigenvalue weighted by Crippen LogP contribution is -2.43. The number of rotatable bonds is 12. The van der Waals surface area contributed by atoms with Crippen LogP contribution in [0.15, 0.2) is 41.7 Å². The maximum absolute atomic E-state index is 15.2. The lowest BCUT2D eigenvalue weighted by Gasteiger charge is -2.30. The molecule has 2 saturated heterocycles. The number of anilines is 1. The fourth-order valence-electron chi connectivity index (χ4n) is 5.41. The van der Waals surface area contributed by atoms with Gasteiger partial charge in [-0.05, 0) is 30.7 Å². The number of nitrogens with zero attached hydrogens (tertiary/aromatic N) is 4. The summed E-state index contributed by atoms with van der Waals surface area (Å²) < 4.78 is 31.7. The van der Waals surface area contributed by atoms with E-state index in [0.717, 1.165) is 19.5 Å². The highest BCUT2D eigenvalue weighted by atomic mass is 19.1. The second-order valence-electron chi connectivity index (χ2n) is 11.1. The molecular formula is C31H38FN5O7. The van der Waals surface area contributed by atoms with Crippen molar-refractivity contribution in [3.05, 3.63) is 48.0 Å². The molecule has 0 radical (unpaired) electrons. The Morgan fingerprint density at radius 3 is 2.70 bits per heavy atom. The molecule has 5 rings (SSSR count). The zero-order chi connectivity index (χ0) is 31.1. The number of carbonyl (C=O) groups excluding carboxylic acids is 3. The Bertz CT molecular complexity index is 1370. The molecule has 0 spiro atoms. The van der Waals surface area contributed by atoms with Crippen LogP contribution in [0.4, 0.5) is 14.9 Å². The van der Waals surface area contributed by atoms with Gasteiger partial charge in [0, 0.05) is 63.1 Å². The molecule has 3 aliphatic rings. The Hall–Kier alpha value is -4.10. The highest BCUT2D eigenvalue weighted by Gasteiger charge is 2.33. The molecule has 13 heteroatoms. The monoisotopic (exact) mass is 611 g/mol. The number of hydrogen-bond acceptors (Lipinski definition) is 10. The number of esters is 1. The van der Waals surface area contributed by atoms with Crippen LogP contribution >= 0.6 is 0 Å². The molecule has 2 amide bonds. The van der Waals surface area contributed by atoms with Crippen LogP contribution in [-0.2, 0) is 28.6 Å². The Labute approximate surface area is 255 Å². The summed E-state index contributed by atoms with van der Waals surface area (Å²) in [5.41, 5.74) is 2.55. The maximum atomic E-state index is 15.2. The van der Waals surface area contributed by atoms with E-state index in [9.17, 15) is 14.4 Å². The van der Waals surface area contributed by atoms with Crippen LogP contribution in [0.1, 0.15) is 45.2 Å². The third kappa shape index (κ3) is 8.08. The van der Waals surface area contributed by atoms with Gasteiger partial charge in [-0.2, -0.15) is 0 Å². The lowest BCUT2D eigenvalue weighted by atomic mass is 10.0. The molecule has 44 heavy (non-hydrogen) atoms. The number of morpholine rings is 1. The van der Waals surface area contributed by atoms with Gasteiger partial charge in [0.25, 0.3) is 0 Å². The van der Waals surface area contributed by atoms with E-state index in [2.05, 4.69) is 20.4 Å². The minimum Gasteiger partial charge on any atom is -0.461 e. The fraction of sp³-hybridized carbons (Fsp3) is 0.516. The number of oxime groups is 1. The average molecular weight is 612 g/mol. The normalized spacial score (nSPS) is 20.9. The number of aromatic nitrogens is 1. The molecule has 1 aromatic heterocycles. The van der Waals surface area contributed by atoms with Crippen molar-refractivity contribution in [2.75, 3.05) is 50.8 Å². The summed E-state index contributed by atoms with van der Waals surface area (Å²) in [6, 6.07) is 8.05. The predicted molar refractivity (Wildman–Crippen MR) is 159 cm³/mol. The van der Waals surface area contributed by atoms with Gasteiger partial charge in [0.1, 0.15) is 29.8 Å². The molecule has 2 fully saturated rings. The number of nitrogens with one attached hydrogen (secondary N) is 1. The maximum Gasteiger partial charge on any atom is 0.414 e. The third-order valence-corrected chi connectivity index (χ3v) is 7.66. The van der Waals surface area contributed by atoms with E-state index in [1.807, 2.05) is 6.92 Å². The molecule has 3 aliphatic heterocycles. The van der Waals surface area contributed by atoms with Crippen molar-refractivity contribution in [3.63, 3.8) is 0 Å². The smallest absolute Gasteiger partial charge is 0.414 e. The van der Waals surface area contributed by atoms with Crippen LogP contribution in [-0.4, -0.2) is 97.8 Å². The van der Waals surface area contributed by atoms with Crippen molar-refractivity contribution < 1.29 is 37.8 Å². The Balaban J connectivity index is 1.18. The number of halogens is 1. The summed E-state index contributed by atoms with van der Waals surface area (Å²) in [6.45, 7) is 7.24. The second kappa shape index (κ2) is 14.6. The molecule has 1 aromatic carbocycles. The number of benzene rings is 1. The first-order valence-corrected chi connectivity index (χ1v) is 15.0. The molecule has 0 aliphatic carbocycles. The molecule has 4 heterocycles. The van der Waals surface area contributed by atoms with Crippen molar-refractivity contribution >= 4 is 29.4 Å². The summed E-state index contributed by atoms with van der Waals surface area (Å²) in [5, 5.41) is 6.87. The van der Waals surface area contributed by atoms with E-state index in [-0.39, 0.29) is 37.2 Å². The number of hydrogen-bond donors (Lipinski definition) is 1. The molecule has 3 unspecified atom stereocenters. The van der Waals surface area contributed by atoms with Gasteiger partial charge >= 0.3 is 12.1 Å². The zero-order valence-electron chi connectivity index (χ0n) is 25.0. The van der Waals surface area contributed by atoms with Crippen LogP contribution in [0.25, 0.3) is 11.1 Å². The topological polar surface area (TPSA) is 132 Å². The number of pyridine rings is 1.